The normalized spacial score (nSPS) is 29.9. The van der Waals surface area contributed by atoms with Crippen molar-refractivity contribution in [1.29, 1.82) is 0 Å². The molecule has 0 amide bonds. The Labute approximate surface area is 94.9 Å². The van der Waals surface area contributed by atoms with E-state index in [1.807, 2.05) is 6.08 Å². The first-order valence-corrected chi connectivity index (χ1v) is 7.40. The fourth-order valence-electron chi connectivity index (χ4n) is 2.54. The molecule has 0 saturated heterocycles. The van der Waals surface area contributed by atoms with Crippen LogP contribution in [-0.2, 0) is 4.79 Å². The van der Waals surface area contributed by atoms with Crippen LogP contribution in [0.4, 0.5) is 0 Å². The minimum atomic E-state index is 0.199. The number of hydrogen-bond acceptors (Lipinski definition) is 1. The maximum Gasteiger partial charge on any atom is 0.156 e. The van der Waals surface area contributed by atoms with Crippen molar-refractivity contribution in [2.75, 3.05) is 11.5 Å². The van der Waals surface area contributed by atoms with E-state index in [0.717, 1.165) is 18.6 Å². The zero-order chi connectivity index (χ0) is 10.9. The highest BCUT2D eigenvalue weighted by molar-refractivity contribution is 8.15. The summed E-state index contributed by atoms with van der Waals surface area (Å²) in [5.41, 5.74) is 1.60. The number of carbonyl (C=O) groups excluding carboxylic acids is 1. The summed E-state index contributed by atoms with van der Waals surface area (Å²) in [6, 6.07) is 0. The van der Waals surface area contributed by atoms with E-state index in [0.29, 0.717) is 16.3 Å². The predicted molar refractivity (Wildman–Crippen MR) is 68.7 cm³/mol. The first-order valence-electron chi connectivity index (χ1n) is 5.77. The molecule has 0 aromatic heterocycles. The largest absolute Gasteiger partial charge is 0.295 e. The Balaban J connectivity index is 2.05. The Kier molecular flexibility index (Phi) is 3.15. The van der Waals surface area contributed by atoms with Crippen LogP contribution in [0.2, 0.25) is 0 Å². The Morgan fingerprint density at radius 2 is 2.20 bits per heavy atom. The topological polar surface area (TPSA) is 17.1 Å². The lowest BCUT2D eigenvalue weighted by atomic mass is 9.77. The molecule has 2 rings (SSSR count). The molecule has 2 heteroatoms. The van der Waals surface area contributed by atoms with Gasteiger partial charge in [0.15, 0.2) is 5.78 Å². The highest BCUT2D eigenvalue weighted by atomic mass is 32.2. The molecule has 1 unspecified atom stereocenters. The molecule has 0 aromatic carbocycles. The van der Waals surface area contributed by atoms with Crippen molar-refractivity contribution in [3.05, 3.63) is 11.6 Å². The lowest BCUT2D eigenvalue weighted by molar-refractivity contribution is -0.117. The summed E-state index contributed by atoms with van der Waals surface area (Å²) in [5, 5.41) is 2.47. The minimum absolute atomic E-state index is 0.199. The molecule has 1 nitrogen and oxygen atoms in total. The Morgan fingerprint density at radius 3 is 2.80 bits per heavy atom. The van der Waals surface area contributed by atoms with Crippen molar-refractivity contribution in [2.24, 2.45) is 5.41 Å². The summed E-state index contributed by atoms with van der Waals surface area (Å²) >= 11 is 0. The molecule has 1 heterocycles. The third kappa shape index (κ3) is 3.04. The molecule has 84 valence electrons. The molecule has 0 saturated carbocycles. The van der Waals surface area contributed by atoms with Gasteiger partial charge in [0.05, 0.1) is 0 Å². The van der Waals surface area contributed by atoms with Crippen LogP contribution in [0.3, 0.4) is 0 Å². The number of hydrogen-bond donors (Lipinski definition) is 0. The van der Waals surface area contributed by atoms with E-state index < -0.39 is 0 Å². The van der Waals surface area contributed by atoms with Crippen molar-refractivity contribution in [2.45, 2.75) is 39.5 Å². The van der Waals surface area contributed by atoms with E-state index in [2.05, 4.69) is 19.2 Å². The van der Waals surface area contributed by atoms with Crippen LogP contribution in [0.15, 0.2) is 11.6 Å². The van der Waals surface area contributed by atoms with Crippen LogP contribution in [0, 0.1) is 5.41 Å². The first-order chi connectivity index (χ1) is 7.05. The van der Waals surface area contributed by atoms with E-state index >= 15 is 0 Å². The van der Waals surface area contributed by atoms with Crippen LogP contribution in [-0.4, -0.2) is 22.7 Å². The second-order valence-electron chi connectivity index (χ2n) is 5.48. The average molecular weight is 224 g/mol. The quantitative estimate of drug-likeness (QED) is 0.658. The van der Waals surface area contributed by atoms with Gasteiger partial charge in [-0.1, -0.05) is 24.8 Å². The van der Waals surface area contributed by atoms with E-state index in [-0.39, 0.29) is 5.41 Å². The molecule has 1 atom stereocenters. The number of carbonyl (C=O) groups is 1. The van der Waals surface area contributed by atoms with Crippen molar-refractivity contribution in [3.63, 3.8) is 0 Å². The van der Waals surface area contributed by atoms with Crippen molar-refractivity contribution in [1.82, 2.24) is 0 Å². The molecule has 15 heavy (non-hydrogen) atoms. The highest BCUT2D eigenvalue weighted by Crippen LogP contribution is 2.36. The number of allylic oxidation sites excluding steroid dienone is 1. The summed E-state index contributed by atoms with van der Waals surface area (Å²) in [5.74, 6) is 2.85. The predicted octanol–water partition coefficient (Wildman–Crippen LogP) is 3.17. The zero-order valence-electron chi connectivity index (χ0n) is 9.71. The molecule has 0 spiro atoms. The molecule has 0 radical (unpaired) electrons. The van der Waals surface area contributed by atoms with Crippen LogP contribution >= 0.6 is 10.5 Å². The Morgan fingerprint density at radius 1 is 1.40 bits per heavy atom. The Hall–Kier alpha value is -0.370. The molecule has 0 N–H and O–H groups in total. The van der Waals surface area contributed by atoms with Gasteiger partial charge >= 0.3 is 0 Å². The summed E-state index contributed by atoms with van der Waals surface area (Å²) in [4.78, 5) is 11.6. The maximum absolute atomic E-state index is 11.6. The van der Waals surface area contributed by atoms with Crippen molar-refractivity contribution >= 4 is 21.6 Å². The fourth-order valence-corrected chi connectivity index (χ4v) is 4.67. The summed E-state index contributed by atoms with van der Waals surface area (Å²) in [7, 11) is 0.481. The first kappa shape index (κ1) is 11.1. The van der Waals surface area contributed by atoms with Crippen molar-refractivity contribution < 1.29 is 4.79 Å². The van der Waals surface area contributed by atoms with E-state index in [1.165, 1.54) is 24.2 Å². The third-order valence-electron chi connectivity index (χ3n) is 3.06. The number of rotatable bonds is 2. The third-order valence-corrected chi connectivity index (χ3v) is 5.32. The average Bonchev–Trinajstić information content (AvgIpc) is 2.52. The van der Waals surface area contributed by atoms with Gasteiger partial charge in [0.25, 0.3) is 0 Å². The van der Waals surface area contributed by atoms with Gasteiger partial charge in [0, 0.05) is 12.2 Å². The Bertz CT molecular complexity index is 336. The lowest BCUT2D eigenvalue weighted by Crippen LogP contribution is -2.22. The molecular formula is C13H20OS. The minimum Gasteiger partial charge on any atom is -0.295 e. The zero-order valence-corrected chi connectivity index (χ0v) is 10.5. The van der Waals surface area contributed by atoms with Gasteiger partial charge in [-0.15, -0.1) is 0 Å². The fraction of sp³-hybridized carbons (Fsp3) is 0.692. The van der Waals surface area contributed by atoms with E-state index in [1.54, 1.807) is 0 Å². The molecule has 2 aliphatic rings. The van der Waals surface area contributed by atoms with Gasteiger partial charge in [-0.2, -0.15) is 10.5 Å². The standard InChI is InChI=1S/C13H20OS/c1-13(2)8-11(7-12(14)9-13)10-15-5-3-4-6-15/h5,7H,3-4,6,8-10H2,1-2H3. The van der Waals surface area contributed by atoms with Gasteiger partial charge in [-0.3, -0.25) is 4.79 Å². The molecular weight excluding hydrogens is 204 g/mol. The van der Waals surface area contributed by atoms with Gasteiger partial charge in [0.2, 0.25) is 0 Å². The molecule has 1 aliphatic carbocycles. The molecule has 0 aromatic rings. The van der Waals surface area contributed by atoms with Gasteiger partial charge in [-0.05, 0) is 36.5 Å². The van der Waals surface area contributed by atoms with E-state index in [4.69, 9.17) is 0 Å². The summed E-state index contributed by atoms with van der Waals surface area (Å²) < 4.78 is 0. The van der Waals surface area contributed by atoms with Crippen LogP contribution in [0.5, 0.6) is 0 Å². The molecule has 1 aliphatic heterocycles. The van der Waals surface area contributed by atoms with Crippen LogP contribution < -0.4 is 0 Å². The number of ketones is 1. The summed E-state index contributed by atoms with van der Waals surface area (Å²) in [6.45, 7) is 4.42. The second-order valence-corrected chi connectivity index (χ2v) is 7.59. The van der Waals surface area contributed by atoms with Gasteiger partial charge in [0.1, 0.15) is 0 Å². The highest BCUT2D eigenvalue weighted by Gasteiger charge is 2.27. The van der Waals surface area contributed by atoms with Gasteiger partial charge < -0.3 is 0 Å². The van der Waals surface area contributed by atoms with Crippen LogP contribution in [0.1, 0.15) is 39.5 Å². The van der Waals surface area contributed by atoms with Gasteiger partial charge in [-0.25, -0.2) is 0 Å². The smallest absolute Gasteiger partial charge is 0.156 e. The van der Waals surface area contributed by atoms with E-state index in [9.17, 15) is 4.79 Å². The van der Waals surface area contributed by atoms with Crippen LogP contribution in [0.25, 0.3) is 0 Å². The SMILES string of the molecule is CC1(C)CC(=O)C=C(CS2=CCCC2)C1. The molecule has 0 bridgehead atoms. The lowest BCUT2D eigenvalue weighted by Gasteiger charge is -2.29. The monoisotopic (exact) mass is 224 g/mol. The molecule has 0 fully saturated rings. The second kappa shape index (κ2) is 4.25. The summed E-state index contributed by atoms with van der Waals surface area (Å²) in [6.07, 6.45) is 6.41. The van der Waals surface area contributed by atoms with Crippen molar-refractivity contribution in [3.8, 4) is 0 Å². The maximum atomic E-state index is 11.6.